The lowest BCUT2D eigenvalue weighted by atomic mass is 10.2. The maximum atomic E-state index is 9.05. The molecule has 17 nitrogen and oxygen atoms in total. The summed E-state index contributed by atoms with van der Waals surface area (Å²) in [5, 5.41) is 27.7. The summed E-state index contributed by atoms with van der Waals surface area (Å²) in [6.45, 7) is 21.4. The summed E-state index contributed by atoms with van der Waals surface area (Å²) in [7, 11) is -2.13. The molecule has 57 heavy (non-hydrogen) atoms. The van der Waals surface area contributed by atoms with Gasteiger partial charge in [-0.05, 0) is 31.4 Å². The molecule has 2 unspecified atom stereocenters. The summed E-state index contributed by atoms with van der Waals surface area (Å²) in [5.41, 5.74) is 1.43. The molecule has 0 amide bonds. The highest BCUT2D eigenvalue weighted by atomic mass is 28.3. The quantitative estimate of drug-likeness (QED) is 0.0709. The van der Waals surface area contributed by atoms with Gasteiger partial charge in [-0.3, -0.25) is 14.9 Å². The molecule has 2 fully saturated rings. The number of nitrogens with one attached hydrogen (secondary N) is 3. The minimum absolute atomic E-state index is 0.0756. The van der Waals surface area contributed by atoms with Gasteiger partial charge in [0.1, 0.15) is 19.3 Å². The second-order valence-electron chi connectivity index (χ2n) is 16.9. The monoisotopic (exact) mass is 824 g/mol. The Balaban J connectivity index is 0.000000242. The Labute approximate surface area is 339 Å². The van der Waals surface area contributed by atoms with E-state index in [2.05, 4.69) is 85.3 Å². The first kappa shape index (κ1) is 44.4. The van der Waals surface area contributed by atoms with Gasteiger partial charge in [-0.15, -0.1) is 0 Å². The number of nitrogens with zero attached hydrogens (tertiary/aromatic N) is 9. The standard InChI is InChI=1S/C24H41N7O3Si.C14H23N5O2Si/c1-35(2,3)13-12-32-19-31-9-7-22(29-31)28-23-16-26-14-20(27-23)17-30-10-8-25-15-21(18-30)34-24-6-4-5-11-33-24;1-22(2,3)7-6-21-11-19-5-4-13(18-19)17-14-9-15-8-12(10-20)16-14/h7,9,14,16,21,24-25H,4-6,8,10-13,15,17-19H2,1-3H3,(H,27,28,29);4-5,8-9,20H,6-7,10-11H2,1-3H3,(H,16,17,18). The van der Waals surface area contributed by atoms with Crippen LogP contribution in [0.3, 0.4) is 0 Å². The third kappa shape index (κ3) is 17.4. The van der Waals surface area contributed by atoms with Crippen LogP contribution in [0.2, 0.25) is 51.4 Å². The molecule has 4 N–H and O–H groups in total. The van der Waals surface area contributed by atoms with Crippen LogP contribution in [-0.4, -0.2) is 124 Å². The van der Waals surface area contributed by atoms with E-state index in [1.165, 1.54) is 12.6 Å². The lowest BCUT2D eigenvalue weighted by molar-refractivity contribution is -0.188. The van der Waals surface area contributed by atoms with E-state index < -0.39 is 16.1 Å². The van der Waals surface area contributed by atoms with Crippen LogP contribution < -0.4 is 16.0 Å². The second kappa shape index (κ2) is 22.5. The molecule has 0 radical (unpaired) electrons. The number of aromatic nitrogens is 8. The van der Waals surface area contributed by atoms with Gasteiger partial charge in [0.2, 0.25) is 0 Å². The lowest BCUT2D eigenvalue weighted by Crippen LogP contribution is -2.38. The Morgan fingerprint density at radius 1 is 0.807 bits per heavy atom. The third-order valence-corrected chi connectivity index (χ3v) is 12.5. The van der Waals surface area contributed by atoms with E-state index in [1.54, 1.807) is 21.8 Å². The van der Waals surface area contributed by atoms with Crippen molar-refractivity contribution < 1.29 is 24.1 Å². The summed E-state index contributed by atoms with van der Waals surface area (Å²) in [6.07, 6.45) is 13.7. The summed E-state index contributed by atoms with van der Waals surface area (Å²) in [6, 6.07) is 6.06. The van der Waals surface area contributed by atoms with Crippen molar-refractivity contribution >= 4 is 39.4 Å². The molecule has 314 valence electrons. The zero-order valence-corrected chi connectivity index (χ0v) is 36.7. The molecular weight excluding hydrogens is 761 g/mol. The van der Waals surface area contributed by atoms with E-state index in [4.69, 9.17) is 29.0 Å². The number of anilines is 4. The molecule has 6 heterocycles. The number of ether oxygens (including phenoxy) is 4. The number of aliphatic hydroxyl groups is 1. The molecule has 0 aromatic carbocycles. The van der Waals surface area contributed by atoms with Gasteiger partial charge in [0.05, 0.1) is 42.7 Å². The summed E-state index contributed by atoms with van der Waals surface area (Å²) in [5.74, 6) is 2.63. The molecule has 2 aliphatic rings. The number of aliphatic hydroxyl groups excluding tert-OH is 1. The normalized spacial score (nSPS) is 18.1. The molecule has 2 atom stereocenters. The van der Waals surface area contributed by atoms with Crippen molar-refractivity contribution in [1.29, 1.82) is 0 Å². The van der Waals surface area contributed by atoms with E-state index in [-0.39, 0.29) is 19.0 Å². The molecule has 2 aliphatic heterocycles. The molecule has 6 rings (SSSR count). The second-order valence-corrected chi connectivity index (χ2v) is 28.1. The van der Waals surface area contributed by atoms with Crippen molar-refractivity contribution in [2.75, 3.05) is 56.6 Å². The van der Waals surface area contributed by atoms with Gasteiger partial charge in [0.15, 0.2) is 23.7 Å². The highest BCUT2D eigenvalue weighted by Crippen LogP contribution is 2.18. The fourth-order valence-corrected chi connectivity index (χ4v) is 7.38. The summed E-state index contributed by atoms with van der Waals surface area (Å²) >= 11 is 0. The molecule has 0 aliphatic carbocycles. The Kier molecular flexibility index (Phi) is 17.5. The number of rotatable bonds is 19. The fraction of sp³-hybridized carbons (Fsp3) is 0.632. The van der Waals surface area contributed by atoms with E-state index in [9.17, 15) is 0 Å². The molecule has 2 saturated heterocycles. The van der Waals surface area contributed by atoms with Crippen molar-refractivity contribution in [3.05, 3.63) is 60.7 Å². The Morgan fingerprint density at radius 2 is 1.40 bits per heavy atom. The van der Waals surface area contributed by atoms with Crippen molar-refractivity contribution in [3.63, 3.8) is 0 Å². The van der Waals surface area contributed by atoms with Crippen molar-refractivity contribution in [3.8, 4) is 0 Å². The maximum absolute atomic E-state index is 9.05. The molecular formula is C38H64N12O5Si2. The van der Waals surface area contributed by atoms with Crippen LogP contribution in [0, 0.1) is 0 Å². The van der Waals surface area contributed by atoms with Gasteiger partial charge < -0.3 is 40.0 Å². The zero-order valence-electron chi connectivity index (χ0n) is 34.7. The maximum Gasteiger partial charge on any atom is 0.158 e. The van der Waals surface area contributed by atoms with Crippen LogP contribution >= 0.6 is 0 Å². The lowest BCUT2D eigenvalue weighted by Gasteiger charge is -2.29. The van der Waals surface area contributed by atoms with Crippen LogP contribution in [0.1, 0.15) is 30.7 Å². The van der Waals surface area contributed by atoms with Gasteiger partial charge in [-0.2, -0.15) is 10.2 Å². The van der Waals surface area contributed by atoms with Crippen LogP contribution in [-0.2, 0) is 45.6 Å². The topological polar surface area (TPSA) is 184 Å². The summed E-state index contributed by atoms with van der Waals surface area (Å²) in [4.78, 5) is 19.7. The SMILES string of the molecule is C[Si](C)(C)CCOCn1ccc(Nc2cncc(CN3CCNCC(OC4CCCCO4)C3)n2)n1.C[Si](C)(C)CCOCn1ccc(Nc2cncc(CO)n2)n1. The molecule has 0 bridgehead atoms. The van der Waals surface area contributed by atoms with Gasteiger partial charge in [-0.25, -0.2) is 19.3 Å². The van der Waals surface area contributed by atoms with Crippen LogP contribution in [0.25, 0.3) is 0 Å². The van der Waals surface area contributed by atoms with Gasteiger partial charge >= 0.3 is 0 Å². The van der Waals surface area contributed by atoms with Crippen LogP contribution in [0.4, 0.5) is 23.3 Å². The minimum atomic E-state index is -1.08. The van der Waals surface area contributed by atoms with E-state index >= 15 is 0 Å². The Hall–Kier alpha value is -3.67. The summed E-state index contributed by atoms with van der Waals surface area (Å²) < 4.78 is 27.0. The van der Waals surface area contributed by atoms with Crippen LogP contribution in [0.5, 0.6) is 0 Å². The van der Waals surface area contributed by atoms with Gasteiger partial charge in [0.25, 0.3) is 0 Å². The smallest absolute Gasteiger partial charge is 0.158 e. The van der Waals surface area contributed by atoms with Crippen molar-refractivity contribution in [1.82, 2.24) is 49.7 Å². The van der Waals surface area contributed by atoms with Crippen molar-refractivity contribution in [2.45, 2.75) is 110 Å². The Morgan fingerprint density at radius 3 is 1.96 bits per heavy atom. The minimum Gasteiger partial charge on any atom is -0.390 e. The predicted molar refractivity (Wildman–Crippen MR) is 226 cm³/mol. The predicted octanol–water partition coefficient (Wildman–Crippen LogP) is 5.27. The molecule has 4 aromatic rings. The van der Waals surface area contributed by atoms with E-state index in [0.29, 0.717) is 36.6 Å². The first-order chi connectivity index (χ1) is 27.4. The Bertz CT molecular complexity index is 1750. The molecule has 0 spiro atoms. The molecule has 19 heteroatoms. The van der Waals surface area contributed by atoms with Gasteiger partial charge in [0, 0.05) is 99.4 Å². The number of hydrogen-bond acceptors (Lipinski definition) is 15. The van der Waals surface area contributed by atoms with E-state index in [1.807, 2.05) is 30.7 Å². The van der Waals surface area contributed by atoms with Gasteiger partial charge in [-0.1, -0.05) is 39.3 Å². The highest BCUT2D eigenvalue weighted by molar-refractivity contribution is 6.76. The zero-order chi connectivity index (χ0) is 40.5. The highest BCUT2D eigenvalue weighted by Gasteiger charge is 2.24. The van der Waals surface area contributed by atoms with Crippen molar-refractivity contribution in [2.24, 2.45) is 0 Å². The third-order valence-electron chi connectivity index (χ3n) is 9.07. The largest absolute Gasteiger partial charge is 0.390 e. The number of hydrogen-bond donors (Lipinski definition) is 4. The first-order valence-electron chi connectivity index (χ1n) is 20.1. The average molecular weight is 825 g/mol. The average Bonchev–Trinajstić information content (AvgIpc) is 3.76. The fourth-order valence-electron chi connectivity index (χ4n) is 5.86. The molecule has 4 aromatic heterocycles. The first-order valence-corrected chi connectivity index (χ1v) is 27.5. The molecule has 0 saturated carbocycles. The van der Waals surface area contributed by atoms with E-state index in [0.717, 1.165) is 89.0 Å². The van der Waals surface area contributed by atoms with Crippen LogP contribution in [0.15, 0.2) is 49.3 Å².